The fraction of sp³-hybridized carbons (Fsp3) is 0.375. The maximum absolute atomic E-state index is 11.2. The maximum atomic E-state index is 11.2. The molecule has 0 atom stereocenters. The van der Waals surface area contributed by atoms with E-state index in [1.807, 2.05) is 0 Å². The van der Waals surface area contributed by atoms with Crippen LogP contribution in [-0.2, 0) is 11.3 Å². The molecule has 82 valence electrons. The Kier molecular flexibility index (Phi) is 3.27. The van der Waals surface area contributed by atoms with Crippen LogP contribution >= 0.6 is 0 Å². The zero-order valence-electron chi connectivity index (χ0n) is 8.47. The van der Waals surface area contributed by atoms with Crippen molar-refractivity contribution in [1.29, 1.82) is 0 Å². The lowest BCUT2D eigenvalue weighted by Gasteiger charge is -2.09. The number of carbonyl (C=O) groups is 2. The Labute approximate surface area is 86.3 Å². The molecule has 0 saturated carbocycles. The van der Waals surface area contributed by atoms with Crippen molar-refractivity contribution in [3.05, 3.63) is 12.4 Å². The standard InChI is InChI=1S/C8H12N4O3/c1-11(2)8(15)10-6-3-9-12(4-6)5-7(13)14/h3-4H,5H2,1-2H3,(H,10,15)(H,13,14). The fourth-order valence-corrected chi connectivity index (χ4v) is 0.888. The van der Waals surface area contributed by atoms with E-state index in [-0.39, 0.29) is 12.6 Å². The lowest BCUT2D eigenvalue weighted by Crippen LogP contribution is -2.27. The SMILES string of the molecule is CN(C)C(=O)Nc1cnn(CC(=O)O)c1. The Hall–Kier alpha value is -2.05. The fourth-order valence-electron chi connectivity index (χ4n) is 0.888. The van der Waals surface area contributed by atoms with Gasteiger partial charge < -0.3 is 15.3 Å². The minimum atomic E-state index is -0.983. The van der Waals surface area contributed by atoms with Gasteiger partial charge in [-0.3, -0.25) is 9.48 Å². The monoisotopic (exact) mass is 212 g/mol. The molecule has 0 aliphatic carbocycles. The van der Waals surface area contributed by atoms with Crippen LogP contribution in [0.5, 0.6) is 0 Å². The normalized spacial score (nSPS) is 9.73. The number of urea groups is 1. The van der Waals surface area contributed by atoms with Gasteiger partial charge in [-0.2, -0.15) is 5.10 Å². The van der Waals surface area contributed by atoms with Gasteiger partial charge in [0.05, 0.1) is 11.9 Å². The molecule has 0 radical (unpaired) electrons. The predicted octanol–water partition coefficient (Wildman–Crippen LogP) is 0.0612. The van der Waals surface area contributed by atoms with E-state index in [0.29, 0.717) is 5.69 Å². The van der Waals surface area contributed by atoms with Gasteiger partial charge in [0.25, 0.3) is 0 Å². The summed E-state index contributed by atoms with van der Waals surface area (Å²) < 4.78 is 1.23. The molecular weight excluding hydrogens is 200 g/mol. The third kappa shape index (κ3) is 3.29. The summed E-state index contributed by atoms with van der Waals surface area (Å²) in [5, 5.41) is 14.8. The molecule has 2 N–H and O–H groups in total. The zero-order valence-corrected chi connectivity index (χ0v) is 8.47. The first kappa shape index (κ1) is 11.0. The first-order valence-corrected chi connectivity index (χ1v) is 4.21. The van der Waals surface area contributed by atoms with Crippen LogP contribution in [0.1, 0.15) is 0 Å². The van der Waals surface area contributed by atoms with Crippen molar-refractivity contribution in [3.63, 3.8) is 0 Å². The molecule has 2 amide bonds. The quantitative estimate of drug-likeness (QED) is 0.741. The largest absolute Gasteiger partial charge is 0.480 e. The van der Waals surface area contributed by atoms with Gasteiger partial charge >= 0.3 is 12.0 Å². The minimum absolute atomic E-state index is 0.224. The second kappa shape index (κ2) is 4.45. The molecule has 1 heterocycles. The van der Waals surface area contributed by atoms with Crippen LogP contribution in [0.3, 0.4) is 0 Å². The van der Waals surface area contributed by atoms with Gasteiger partial charge in [-0.05, 0) is 0 Å². The van der Waals surface area contributed by atoms with Crippen molar-refractivity contribution < 1.29 is 14.7 Å². The molecule has 1 aromatic rings. The molecule has 7 heteroatoms. The number of hydrogen-bond acceptors (Lipinski definition) is 3. The Balaban J connectivity index is 2.60. The number of hydrogen-bond donors (Lipinski definition) is 2. The number of carbonyl (C=O) groups excluding carboxylic acids is 1. The van der Waals surface area contributed by atoms with Crippen LogP contribution in [0.25, 0.3) is 0 Å². The van der Waals surface area contributed by atoms with E-state index in [1.54, 1.807) is 14.1 Å². The van der Waals surface area contributed by atoms with Crippen molar-refractivity contribution in [2.75, 3.05) is 19.4 Å². The van der Waals surface area contributed by atoms with Crippen molar-refractivity contribution in [2.45, 2.75) is 6.54 Å². The minimum Gasteiger partial charge on any atom is -0.480 e. The molecule has 0 fully saturated rings. The van der Waals surface area contributed by atoms with E-state index < -0.39 is 5.97 Å². The summed E-state index contributed by atoms with van der Waals surface area (Å²) in [5.41, 5.74) is 0.468. The van der Waals surface area contributed by atoms with Gasteiger partial charge in [0.2, 0.25) is 0 Å². The summed E-state index contributed by atoms with van der Waals surface area (Å²) in [6, 6.07) is -0.287. The van der Waals surface area contributed by atoms with E-state index in [9.17, 15) is 9.59 Å². The Morgan fingerprint density at radius 3 is 2.80 bits per heavy atom. The Bertz CT molecular complexity index is 372. The van der Waals surface area contributed by atoms with Crippen LogP contribution < -0.4 is 5.32 Å². The lowest BCUT2D eigenvalue weighted by molar-refractivity contribution is -0.137. The lowest BCUT2D eigenvalue weighted by atomic mass is 10.5. The van der Waals surface area contributed by atoms with Crippen molar-refractivity contribution in [2.24, 2.45) is 0 Å². The first-order valence-electron chi connectivity index (χ1n) is 4.21. The van der Waals surface area contributed by atoms with E-state index >= 15 is 0 Å². The molecule has 1 rings (SSSR count). The number of carboxylic acids is 1. The number of aromatic nitrogens is 2. The highest BCUT2D eigenvalue weighted by atomic mass is 16.4. The number of nitrogens with one attached hydrogen (secondary N) is 1. The van der Waals surface area contributed by atoms with Gasteiger partial charge in [-0.25, -0.2) is 4.79 Å². The van der Waals surface area contributed by atoms with E-state index in [4.69, 9.17) is 5.11 Å². The Morgan fingerprint density at radius 1 is 1.60 bits per heavy atom. The highest BCUT2D eigenvalue weighted by molar-refractivity contribution is 5.88. The number of aliphatic carboxylic acids is 1. The highest BCUT2D eigenvalue weighted by Gasteiger charge is 2.06. The summed E-state index contributed by atoms with van der Waals surface area (Å²) in [6.45, 7) is -0.224. The summed E-state index contributed by atoms with van der Waals surface area (Å²) in [4.78, 5) is 22.9. The first-order chi connectivity index (χ1) is 6.99. The van der Waals surface area contributed by atoms with Crippen LogP contribution in [-0.4, -0.2) is 45.9 Å². The molecule has 0 saturated heterocycles. The molecule has 0 bridgehead atoms. The molecule has 1 aromatic heterocycles. The van der Waals surface area contributed by atoms with Crippen molar-refractivity contribution in [1.82, 2.24) is 14.7 Å². The highest BCUT2D eigenvalue weighted by Crippen LogP contribution is 2.05. The smallest absolute Gasteiger partial charge is 0.325 e. The van der Waals surface area contributed by atoms with Gasteiger partial charge in [0.15, 0.2) is 0 Å². The summed E-state index contributed by atoms with van der Waals surface area (Å²) in [6.07, 6.45) is 2.85. The summed E-state index contributed by atoms with van der Waals surface area (Å²) in [5.74, 6) is -0.983. The maximum Gasteiger partial charge on any atom is 0.325 e. The molecular formula is C8H12N4O3. The zero-order chi connectivity index (χ0) is 11.4. The molecule has 0 unspecified atom stereocenters. The number of rotatable bonds is 3. The van der Waals surface area contributed by atoms with Crippen LogP contribution in [0.4, 0.5) is 10.5 Å². The molecule has 7 nitrogen and oxygen atoms in total. The third-order valence-corrected chi connectivity index (χ3v) is 1.59. The van der Waals surface area contributed by atoms with Crippen LogP contribution in [0, 0.1) is 0 Å². The number of nitrogens with zero attached hydrogens (tertiary/aromatic N) is 3. The number of amides is 2. The molecule has 0 aliphatic rings. The second-order valence-electron chi connectivity index (χ2n) is 3.14. The second-order valence-corrected chi connectivity index (χ2v) is 3.14. The van der Waals surface area contributed by atoms with Gasteiger partial charge in [-0.1, -0.05) is 0 Å². The van der Waals surface area contributed by atoms with Gasteiger partial charge in [0.1, 0.15) is 6.54 Å². The summed E-state index contributed by atoms with van der Waals surface area (Å²) >= 11 is 0. The van der Waals surface area contributed by atoms with Gasteiger partial charge in [-0.15, -0.1) is 0 Å². The van der Waals surface area contributed by atoms with Crippen molar-refractivity contribution >= 4 is 17.7 Å². The van der Waals surface area contributed by atoms with Gasteiger partial charge in [0, 0.05) is 20.3 Å². The molecule has 15 heavy (non-hydrogen) atoms. The molecule has 0 aliphatic heterocycles. The molecule has 0 spiro atoms. The average molecular weight is 212 g/mol. The average Bonchev–Trinajstić information content (AvgIpc) is 2.51. The number of carboxylic acid groups (broad SMARTS) is 1. The number of anilines is 1. The molecule has 0 aromatic carbocycles. The van der Waals surface area contributed by atoms with Crippen LogP contribution in [0.2, 0.25) is 0 Å². The van der Waals surface area contributed by atoms with E-state index in [2.05, 4.69) is 10.4 Å². The third-order valence-electron chi connectivity index (χ3n) is 1.59. The van der Waals surface area contributed by atoms with E-state index in [1.165, 1.54) is 22.0 Å². The Morgan fingerprint density at radius 2 is 2.27 bits per heavy atom. The predicted molar refractivity (Wildman–Crippen MR) is 52.6 cm³/mol. The summed E-state index contributed by atoms with van der Waals surface area (Å²) in [7, 11) is 3.22. The van der Waals surface area contributed by atoms with Crippen LogP contribution in [0.15, 0.2) is 12.4 Å². The van der Waals surface area contributed by atoms with Crippen molar-refractivity contribution in [3.8, 4) is 0 Å². The topological polar surface area (TPSA) is 87.5 Å². The van der Waals surface area contributed by atoms with E-state index in [0.717, 1.165) is 0 Å².